The smallest absolute Gasteiger partial charge is 0.186 e. The fourth-order valence-corrected chi connectivity index (χ4v) is 3.01. The van der Waals surface area contributed by atoms with E-state index in [-0.39, 0.29) is 18.3 Å². The summed E-state index contributed by atoms with van der Waals surface area (Å²) in [6, 6.07) is 0. The first kappa shape index (κ1) is 13.2. The predicted octanol–water partition coefficient (Wildman–Crippen LogP) is 1.30. The third kappa shape index (κ3) is 2.00. The van der Waals surface area contributed by atoms with Crippen molar-refractivity contribution in [3.8, 4) is 0 Å². The third-order valence-electron chi connectivity index (χ3n) is 3.51. The van der Waals surface area contributed by atoms with Gasteiger partial charge in [-0.3, -0.25) is 0 Å². The molecule has 0 unspecified atom stereocenters. The molecule has 2 fully saturated rings. The van der Waals surface area contributed by atoms with Crippen molar-refractivity contribution in [3.05, 3.63) is 0 Å². The molecule has 2 heterocycles. The molecule has 2 rings (SSSR count). The summed E-state index contributed by atoms with van der Waals surface area (Å²) in [5.41, 5.74) is -0.559. The standard InChI is InChI=1S/C12H22O5/c1-7-8(13-5)12(4)9(10(14-6)15-7)16-11(2,3)17-12/h7-10H,1-6H3/t7-,8-,9-,10+,12+/m0/s1. The maximum atomic E-state index is 6.04. The first-order chi connectivity index (χ1) is 7.84. The fourth-order valence-electron chi connectivity index (χ4n) is 3.01. The molecule has 5 atom stereocenters. The van der Waals surface area contributed by atoms with Crippen LogP contribution in [0.4, 0.5) is 0 Å². The van der Waals surface area contributed by atoms with E-state index < -0.39 is 17.7 Å². The Bertz CT molecular complexity index is 293. The van der Waals surface area contributed by atoms with Gasteiger partial charge in [-0.05, 0) is 27.7 Å². The zero-order chi connectivity index (χ0) is 12.8. The quantitative estimate of drug-likeness (QED) is 0.735. The summed E-state index contributed by atoms with van der Waals surface area (Å²) in [7, 11) is 3.27. The van der Waals surface area contributed by atoms with Gasteiger partial charge in [0.05, 0.1) is 6.10 Å². The molecule has 0 saturated carbocycles. The minimum Gasteiger partial charge on any atom is -0.376 e. The minimum absolute atomic E-state index is 0.108. The molecule has 5 nitrogen and oxygen atoms in total. The highest BCUT2D eigenvalue weighted by Crippen LogP contribution is 2.45. The van der Waals surface area contributed by atoms with Gasteiger partial charge in [-0.2, -0.15) is 0 Å². The van der Waals surface area contributed by atoms with Crippen LogP contribution >= 0.6 is 0 Å². The summed E-state index contributed by atoms with van der Waals surface area (Å²) < 4.78 is 28.6. The molecule has 2 aliphatic rings. The number of ether oxygens (including phenoxy) is 5. The van der Waals surface area contributed by atoms with Gasteiger partial charge in [0.1, 0.15) is 17.8 Å². The monoisotopic (exact) mass is 246 g/mol. The maximum Gasteiger partial charge on any atom is 0.186 e. The van der Waals surface area contributed by atoms with Crippen molar-refractivity contribution in [2.45, 2.75) is 63.7 Å². The van der Waals surface area contributed by atoms with Gasteiger partial charge in [0.2, 0.25) is 0 Å². The molecule has 2 aliphatic heterocycles. The Labute approximate surface area is 102 Å². The van der Waals surface area contributed by atoms with Crippen molar-refractivity contribution in [1.29, 1.82) is 0 Å². The molecule has 0 aliphatic carbocycles. The molecule has 0 aromatic heterocycles. The lowest BCUT2D eigenvalue weighted by Gasteiger charge is -2.46. The molecular weight excluding hydrogens is 224 g/mol. The Kier molecular flexibility index (Phi) is 3.25. The summed E-state index contributed by atoms with van der Waals surface area (Å²) in [5, 5.41) is 0. The van der Waals surface area contributed by atoms with Gasteiger partial charge in [-0.15, -0.1) is 0 Å². The number of methoxy groups -OCH3 is 2. The normalized spacial score (nSPS) is 49.1. The summed E-state index contributed by atoms with van der Waals surface area (Å²) in [6.45, 7) is 7.73. The molecule has 0 bridgehead atoms. The van der Waals surface area contributed by atoms with Crippen LogP contribution in [-0.4, -0.2) is 50.2 Å². The molecule has 0 aromatic carbocycles. The number of hydrogen-bond donors (Lipinski definition) is 0. The van der Waals surface area contributed by atoms with Crippen molar-refractivity contribution in [2.75, 3.05) is 14.2 Å². The highest BCUT2D eigenvalue weighted by molar-refractivity contribution is 5.05. The zero-order valence-corrected chi connectivity index (χ0v) is 11.4. The molecule has 17 heavy (non-hydrogen) atoms. The second kappa shape index (κ2) is 4.17. The lowest BCUT2D eigenvalue weighted by molar-refractivity contribution is -0.289. The van der Waals surface area contributed by atoms with Crippen LogP contribution in [0.1, 0.15) is 27.7 Å². The lowest BCUT2D eigenvalue weighted by Crippen LogP contribution is -2.63. The molecule has 0 radical (unpaired) electrons. The van der Waals surface area contributed by atoms with E-state index in [4.69, 9.17) is 23.7 Å². The zero-order valence-electron chi connectivity index (χ0n) is 11.4. The van der Waals surface area contributed by atoms with E-state index in [0.29, 0.717) is 0 Å². The summed E-state index contributed by atoms with van der Waals surface area (Å²) >= 11 is 0. The third-order valence-corrected chi connectivity index (χ3v) is 3.51. The average Bonchev–Trinajstić information content (AvgIpc) is 2.46. The Morgan fingerprint density at radius 1 is 1.06 bits per heavy atom. The van der Waals surface area contributed by atoms with E-state index in [2.05, 4.69) is 0 Å². The summed E-state index contributed by atoms with van der Waals surface area (Å²) in [5.74, 6) is -0.652. The predicted molar refractivity (Wildman–Crippen MR) is 60.6 cm³/mol. The lowest BCUT2D eigenvalue weighted by atomic mass is 9.86. The first-order valence-corrected chi connectivity index (χ1v) is 5.93. The molecule has 0 N–H and O–H groups in total. The highest BCUT2D eigenvalue weighted by atomic mass is 16.8. The first-order valence-electron chi connectivity index (χ1n) is 5.93. The highest BCUT2D eigenvalue weighted by Gasteiger charge is 2.62. The Balaban J connectivity index is 2.33. The van der Waals surface area contributed by atoms with Gasteiger partial charge in [-0.1, -0.05) is 0 Å². The van der Waals surface area contributed by atoms with E-state index >= 15 is 0 Å². The Hall–Kier alpha value is -0.200. The number of rotatable bonds is 2. The van der Waals surface area contributed by atoms with Crippen molar-refractivity contribution < 1.29 is 23.7 Å². The van der Waals surface area contributed by atoms with Gasteiger partial charge < -0.3 is 23.7 Å². The number of fused-ring (bicyclic) bond motifs is 1. The summed E-state index contributed by atoms with van der Waals surface area (Å²) in [6.07, 6.45) is -1.00. The van der Waals surface area contributed by atoms with E-state index in [0.717, 1.165) is 0 Å². The minimum atomic E-state index is -0.652. The van der Waals surface area contributed by atoms with Gasteiger partial charge in [-0.25, -0.2) is 0 Å². The van der Waals surface area contributed by atoms with Crippen molar-refractivity contribution >= 4 is 0 Å². The Morgan fingerprint density at radius 2 is 1.71 bits per heavy atom. The SMILES string of the molecule is CO[C@@H]1O[C@@H](C)[C@H](OC)[C@@]2(C)OC(C)(C)O[C@@H]12. The van der Waals surface area contributed by atoms with Crippen LogP contribution in [0.15, 0.2) is 0 Å². The van der Waals surface area contributed by atoms with Gasteiger partial charge in [0, 0.05) is 14.2 Å². The van der Waals surface area contributed by atoms with Crippen LogP contribution in [-0.2, 0) is 23.7 Å². The number of hydrogen-bond acceptors (Lipinski definition) is 5. The van der Waals surface area contributed by atoms with E-state index in [1.165, 1.54) is 0 Å². The molecule has 5 heteroatoms. The van der Waals surface area contributed by atoms with Gasteiger partial charge >= 0.3 is 0 Å². The van der Waals surface area contributed by atoms with E-state index in [1.807, 2.05) is 27.7 Å². The molecule has 0 aromatic rings. The van der Waals surface area contributed by atoms with Crippen LogP contribution in [0.25, 0.3) is 0 Å². The van der Waals surface area contributed by atoms with Crippen LogP contribution < -0.4 is 0 Å². The van der Waals surface area contributed by atoms with Crippen LogP contribution in [0.5, 0.6) is 0 Å². The maximum absolute atomic E-state index is 6.04. The fraction of sp³-hybridized carbons (Fsp3) is 1.00. The van der Waals surface area contributed by atoms with Crippen LogP contribution in [0.2, 0.25) is 0 Å². The second-order valence-electron chi connectivity index (χ2n) is 5.33. The molecule has 0 amide bonds. The van der Waals surface area contributed by atoms with Crippen molar-refractivity contribution in [1.82, 2.24) is 0 Å². The molecule has 2 saturated heterocycles. The summed E-state index contributed by atoms with van der Waals surface area (Å²) in [4.78, 5) is 0. The Morgan fingerprint density at radius 3 is 2.24 bits per heavy atom. The average molecular weight is 246 g/mol. The topological polar surface area (TPSA) is 46.2 Å². The van der Waals surface area contributed by atoms with Crippen LogP contribution in [0, 0.1) is 0 Å². The van der Waals surface area contributed by atoms with E-state index in [1.54, 1.807) is 14.2 Å². The van der Waals surface area contributed by atoms with Gasteiger partial charge in [0.15, 0.2) is 12.1 Å². The molecule has 100 valence electrons. The van der Waals surface area contributed by atoms with Crippen LogP contribution in [0.3, 0.4) is 0 Å². The molecular formula is C12H22O5. The van der Waals surface area contributed by atoms with Gasteiger partial charge in [0.25, 0.3) is 0 Å². The molecule has 0 spiro atoms. The largest absolute Gasteiger partial charge is 0.376 e. The van der Waals surface area contributed by atoms with Crippen molar-refractivity contribution in [2.24, 2.45) is 0 Å². The second-order valence-corrected chi connectivity index (χ2v) is 5.33. The van der Waals surface area contributed by atoms with E-state index in [9.17, 15) is 0 Å². The van der Waals surface area contributed by atoms with Crippen molar-refractivity contribution in [3.63, 3.8) is 0 Å².